The molecule has 3 aromatic heterocycles. The molecule has 0 aliphatic rings. The third-order valence-corrected chi connectivity index (χ3v) is 9.85. The molecule has 3 heterocycles. The molecule has 0 unspecified atom stereocenters. The van der Waals surface area contributed by atoms with Gasteiger partial charge in [-0.2, -0.15) is 0 Å². The van der Waals surface area contributed by atoms with Crippen molar-refractivity contribution in [2.24, 2.45) is 0 Å². The summed E-state index contributed by atoms with van der Waals surface area (Å²) in [7, 11) is 0. The zero-order chi connectivity index (χ0) is 35.3. The standard InChI is InChI=1S/C39H24N2S2/c1-2-12-27-24-28-13-4-7-17-32(28)41(23-9-14-25(27)10-1)33-21-20-30(39-40-31-16-6-8-18-34(31)43-39)37-36-29-15-5-3-11-26(29)19-22-35(36)42-38(33)37/h1-24H/i3D,5D,11D,15D,19D,20D,21D,22D. The third-order valence-electron chi connectivity index (χ3n) is 7.68. The van der Waals surface area contributed by atoms with Gasteiger partial charge in [-0.25, -0.2) is 4.98 Å². The molecule has 0 N–H and O–H groups in total. The second-order valence-corrected chi connectivity index (χ2v) is 12.2. The molecular formula is C39H24N2S2. The van der Waals surface area contributed by atoms with Crippen LogP contribution in [0.3, 0.4) is 0 Å². The molecule has 9 rings (SSSR count). The fourth-order valence-corrected chi connectivity index (χ4v) is 7.86. The van der Waals surface area contributed by atoms with E-state index in [4.69, 9.17) is 11.8 Å². The summed E-state index contributed by atoms with van der Waals surface area (Å²) in [5.74, 6) is 0. The number of rotatable bonds is 2. The summed E-state index contributed by atoms with van der Waals surface area (Å²) in [4.78, 5) is 4.90. The topological polar surface area (TPSA) is 17.8 Å². The van der Waals surface area contributed by atoms with Crippen molar-refractivity contribution in [3.63, 3.8) is 0 Å². The second-order valence-electron chi connectivity index (χ2n) is 10.2. The van der Waals surface area contributed by atoms with E-state index < -0.39 is 18.1 Å². The van der Waals surface area contributed by atoms with Crippen molar-refractivity contribution in [3.05, 3.63) is 146 Å². The van der Waals surface area contributed by atoms with Crippen molar-refractivity contribution in [1.29, 1.82) is 0 Å². The van der Waals surface area contributed by atoms with Crippen molar-refractivity contribution in [2.75, 3.05) is 0 Å². The van der Waals surface area contributed by atoms with Crippen LogP contribution in [-0.2, 0) is 0 Å². The smallest absolute Gasteiger partial charge is 0.125 e. The van der Waals surface area contributed by atoms with E-state index in [9.17, 15) is 4.11 Å². The van der Waals surface area contributed by atoms with Gasteiger partial charge in [-0.05, 0) is 75.4 Å². The summed E-state index contributed by atoms with van der Waals surface area (Å²) in [5.41, 5.74) is 2.22. The highest BCUT2D eigenvalue weighted by Gasteiger charge is 2.19. The number of fused-ring (bicyclic) bond motifs is 8. The van der Waals surface area contributed by atoms with Gasteiger partial charge in [-0.15, -0.1) is 22.7 Å². The minimum absolute atomic E-state index is 0.0496. The quantitative estimate of drug-likeness (QED) is 0.195. The van der Waals surface area contributed by atoms with Gasteiger partial charge in [0.25, 0.3) is 0 Å². The van der Waals surface area contributed by atoms with E-state index in [-0.39, 0.29) is 41.0 Å². The largest absolute Gasteiger partial charge is 0.315 e. The molecule has 0 aliphatic heterocycles. The first-order valence-corrected chi connectivity index (χ1v) is 15.4. The Morgan fingerprint density at radius 1 is 0.605 bits per heavy atom. The maximum Gasteiger partial charge on any atom is 0.125 e. The van der Waals surface area contributed by atoms with Crippen LogP contribution in [0.4, 0.5) is 0 Å². The molecule has 0 spiro atoms. The number of hydrogen-bond donors (Lipinski definition) is 0. The normalized spacial score (nSPS) is 14.3. The fourth-order valence-electron chi connectivity index (χ4n) is 5.72. The number of hydrogen-bond acceptors (Lipinski definition) is 3. The van der Waals surface area contributed by atoms with Crippen LogP contribution < -0.4 is 0 Å². The molecule has 0 bridgehead atoms. The molecule has 2 nitrogen and oxygen atoms in total. The van der Waals surface area contributed by atoms with Crippen LogP contribution in [0.2, 0.25) is 0 Å². The van der Waals surface area contributed by atoms with Crippen LogP contribution in [0, 0.1) is 0 Å². The van der Waals surface area contributed by atoms with E-state index >= 15 is 0 Å². The number of thiazole rings is 1. The summed E-state index contributed by atoms with van der Waals surface area (Å²) in [6, 6.07) is 27.2. The van der Waals surface area contributed by atoms with Crippen LogP contribution >= 0.6 is 22.7 Å². The van der Waals surface area contributed by atoms with Gasteiger partial charge in [0, 0.05) is 27.2 Å². The molecule has 0 saturated heterocycles. The number of benzene rings is 6. The van der Waals surface area contributed by atoms with Gasteiger partial charge in [0.15, 0.2) is 0 Å². The van der Waals surface area contributed by atoms with Crippen LogP contribution in [-0.4, -0.2) is 9.55 Å². The molecule has 43 heavy (non-hydrogen) atoms. The van der Waals surface area contributed by atoms with Crippen LogP contribution in [0.1, 0.15) is 11.0 Å². The van der Waals surface area contributed by atoms with Gasteiger partial charge < -0.3 is 4.57 Å². The molecule has 6 aromatic carbocycles. The highest BCUT2D eigenvalue weighted by atomic mass is 32.1. The SMILES string of the molecule is [2H]c1c([2H])c(-c2nc3ccccc3s2)c2c(sc3c([2H])c([2H])c4c([2H])c([2H])c([2H])c([2H])c4c32)c1-n1cccc2ccccc2cc2ccccc21. The van der Waals surface area contributed by atoms with E-state index in [1.807, 2.05) is 95.7 Å². The molecule has 0 fully saturated rings. The van der Waals surface area contributed by atoms with Crippen molar-refractivity contribution >= 4 is 85.5 Å². The van der Waals surface area contributed by atoms with E-state index in [1.54, 1.807) is 0 Å². The number of thiophene rings is 1. The van der Waals surface area contributed by atoms with Crippen LogP contribution in [0.5, 0.6) is 0 Å². The Hall–Kier alpha value is -5.03. The van der Waals surface area contributed by atoms with Gasteiger partial charge in [-0.3, -0.25) is 0 Å². The number of aromatic nitrogens is 2. The lowest BCUT2D eigenvalue weighted by atomic mass is 10.00. The summed E-state index contributed by atoms with van der Waals surface area (Å²) in [6.45, 7) is 0. The van der Waals surface area contributed by atoms with E-state index in [2.05, 4.69) is 6.07 Å². The third kappa shape index (κ3) is 3.95. The van der Waals surface area contributed by atoms with E-state index in [0.717, 1.165) is 31.9 Å². The lowest BCUT2D eigenvalue weighted by Gasteiger charge is -2.12. The number of nitrogens with zero attached hydrogens (tertiary/aromatic N) is 2. The fraction of sp³-hybridized carbons (Fsp3) is 0. The maximum absolute atomic E-state index is 9.65. The minimum Gasteiger partial charge on any atom is -0.315 e. The monoisotopic (exact) mass is 592 g/mol. The molecule has 0 aliphatic carbocycles. The number of para-hydroxylation sites is 2. The second kappa shape index (κ2) is 9.77. The van der Waals surface area contributed by atoms with Crippen LogP contribution in [0.15, 0.2) is 146 Å². The maximum atomic E-state index is 9.65. The van der Waals surface area contributed by atoms with Crippen molar-refractivity contribution in [2.45, 2.75) is 0 Å². The Kier molecular flexibility index (Phi) is 4.05. The van der Waals surface area contributed by atoms with E-state index in [1.165, 1.54) is 22.7 Å². The predicted octanol–water partition coefficient (Wildman–Crippen LogP) is 11.7. The van der Waals surface area contributed by atoms with Gasteiger partial charge in [0.2, 0.25) is 0 Å². The molecule has 9 aromatic rings. The Morgan fingerprint density at radius 3 is 2.33 bits per heavy atom. The van der Waals surface area contributed by atoms with Crippen molar-refractivity contribution in [3.8, 4) is 16.3 Å². The lowest BCUT2D eigenvalue weighted by Crippen LogP contribution is -1.95. The first-order valence-electron chi connectivity index (χ1n) is 17.7. The summed E-state index contributed by atoms with van der Waals surface area (Å²) in [5, 5.41) is 4.29. The van der Waals surface area contributed by atoms with Crippen LogP contribution in [0.25, 0.3) is 79.1 Å². The van der Waals surface area contributed by atoms with Gasteiger partial charge >= 0.3 is 0 Å². The first-order chi connectivity index (χ1) is 24.7. The lowest BCUT2D eigenvalue weighted by molar-refractivity contribution is 1.13. The van der Waals surface area contributed by atoms with Gasteiger partial charge in [0.1, 0.15) is 5.01 Å². The molecule has 0 saturated carbocycles. The van der Waals surface area contributed by atoms with Gasteiger partial charge in [-0.1, -0.05) is 90.9 Å². The highest BCUT2D eigenvalue weighted by Crippen LogP contribution is 2.47. The summed E-state index contributed by atoms with van der Waals surface area (Å²) >= 11 is 2.57. The summed E-state index contributed by atoms with van der Waals surface area (Å²) in [6.07, 6.45) is 1.87. The Morgan fingerprint density at radius 2 is 1.40 bits per heavy atom. The molecular weight excluding hydrogens is 561 g/mol. The molecule has 202 valence electrons. The molecule has 0 amide bonds. The average molecular weight is 593 g/mol. The Bertz CT molecular complexity index is 3000. The Labute approximate surface area is 267 Å². The zero-order valence-electron chi connectivity index (χ0n) is 30.4. The van der Waals surface area contributed by atoms with Crippen molar-refractivity contribution in [1.82, 2.24) is 9.55 Å². The van der Waals surface area contributed by atoms with Crippen molar-refractivity contribution < 1.29 is 11.0 Å². The average Bonchev–Trinajstić information content (AvgIpc) is 3.75. The molecule has 4 heteroatoms. The van der Waals surface area contributed by atoms with E-state index in [0.29, 0.717) is 36.4 Å². The zero-order valence-corrected chi connectivity index (χ0v) is 24.1. The predicted molar refractivity (Wildman–Crippen MR) is 187 cm³/mol. The summed E-state index contributed by atoms with van der Waals surface area (Å²) < 4.78 is 76.0. The molecule has 0 atom stereocenters. The molecule has 0 radical (unpaired) electrons. The minimum atomic E-state index is -0.479. The first kappa shape index (κ1) is 17.8. The van der Waals surface area contributed by atoms with Gasteiger partial charge in [0.05, 0.1) is 37.1 Å². The highest BCUT2D eigenvalue weighted by molar-refractivity contribution is 7.26. The Balaban J connectivity index is 1.57.